The van der Waals surface area contributed by atoms with Gasteiger partial charge in [-0.2, -0.15) is 0 Å². The topological polar surface area (TPSA) is 43.6 Å². The van der Waals surface area contributed by atoms with Gasteiger partial charge in [0.1, 0.15) is 11.5 Å². The van der Waals surface area contributed by atoms with E-state index in [1.54, 1.807) is 11.6 Å². The molecule has 22 heavy (non-hydrogen) atoms. The van der Waals surface area contributed by atoms with Crippen LogP contribution in [0, 0.1) is 18.7 Å². The SMILES string of the molecule is Cc1ccc(F)cc1-c1nc(-c2cscn2)nn1CC1CC1. The molecule has 0 unspecified atom stereocenters. The van der Waals surface area contributed by atoms with E-state index in [-0.39, 0.29) is 5.82 Å². The third-order valence-electron chi connectivity index (χ3n) is 3.90. The third kappa shape index (κ3) is 2.54. The molecule has 2 heterocycles. The molecule has 0 radical (unpaired) electrons. The normalized spacial score (nSPS) is 14.5. The lowest BCUT2D eigenvalue weighted by Crippen LogP contribution is -2.05. The van der Waals surface area contributed by atoms with E-state index in [4.69, 9.17) is 0 Å². The van der Waals surface area contributed by atoms with E-state index in [0.717, 1.165) is 29.2 Å². The first-order valence-corrected chi connectivity index (χ1v) is 8.25. The highest BCUT2D eigenvalue weighted by molar-refractivity contribution is 7.07. The molecule has 6 heteroatoms. The summed E-state index contributed by atoms with van der Waals surface area (Å²) in [4.78, 5) is 8.91. The first-order chi connectivity index (χ1) is 10.7. The highest BCUT2D eigenvalue weighted by atomic mass is 32.1. The zero-order chi connectivity index (χ0) is 15.1. The molecule has 1 fully saturated rings. The van der Waals surface area contributed by atoms with E-state index in [1.165, 1.54) is 36.3 Å². The molecule has 4 nitrogen and oxygen atoms in total. The van der Waals surface area contributed by atoms with E-state index in [2.05, 4.69) is 15.1 Å². The predicted molar refractivity (Wildman–Crippen MR) is 84.0 cm³/mol. The molecule has 0 saturated heterocycles. The summed E-state index contributed by atoms with van der Waals surface area (Å²) < 4.78 is 15.6. The second-order valence-corrected chi connectivity index (χ2v) is 6.44. The van der Waals surface area contributed by atoms with Crippen LogP contribution in [0.2, 0.25) is 0 Å². The van der Waals surface area contributed by atoms with Crippen LogP contribution in [0.25, 0.3) is 22.9 Å². The van der Waals surface area contributed by atoms with Crippen molar-refractivity contribution in [3.8, 4) is 22.9 Å². The summed E-state index contributed by atoms with van der Waals surface area (Å²) in [6.45, 7) is 2.80. The van der Waals surface area contributed by atoms with Crippen molar-refractivity contribution in [3.05, 3.63) is 40.5 Å². The molecule has 0 bridgehead atoms. The Labute approximate surface area is 131 Å². The fourth-order valence-corrected chi connectivity index (χ4v) is 3.01. The van der Waals surface area contributed by atoms with E-state index in [1.807, 2.05) is 17.0 Å². The van der Waals surface area contributed by atoms with Gasteiger partial charge in [0.15, 0.2) is 5.82 Å². The first kappa shape index (κ1) is 13.6. The zero-order valence-electron chi connectivity index (χ0n) is 12.2. The molecular weight excluding hydrogens is 299 g/mol. The lowest BCUT2D eigenvalue weighted by Gasteiger charge is -2.07. The van der Waals surface area contributed by atoms with Gasteiger partial charge < -0.3 is 0 Å². The Morgan fingerprint density at radius 2 is 2.23 bits per heavy atom. The molecule has 0 aliphatic heterocycles. The van der Waals surface area contributed by atoms with Crippen LogP contribution in [-0.2, 0) is 6.54 Å². The number of thiazole rings is 1. The number of nitrogens with zero attached hydrogens (tertiary/aromatic N) is 4. The van der Waals surface area contributed by atoms with Gasteiger partial charge in [-0.05, 0) is 43.4 Å². The molecule has 0 spiro atoms. The molecule has 2 aromatic heterocycles. The highest BCUT2D eigenvalue weighted by Crippen LogP contribution is 2.33. The van der Waals surface area contributed by atoms with E-state index in [9.17, 15) is 4.39 Å². The Bertz CT molecular complexity index is 806. The van der Waals surface area contributed by atoms with Gasteiger partial charge in [-0.25, -0.2) is 19.0 Å². The molecule has 1 aliphatic carbocycles. The van der Waals surface area contributed by atoms with Gasteiger partial charge in [0.05, 0.1) is 5.51 Å². The third-order valence-corrected chi connectivity index (χ3v) is 4.49. The predicted octanol–water partition coefficient (Wildman–Crippen LogP) is 3.93. The molecule has 0 atom stereocenters. The maximum Gasteiger partial charge on any atom is 0.201 e. The van der Waals surface area contributed by atoms with Crippen molar-refractivity contribution >= 4 is 11.3 Å². The summed E-state index contributed by atoms with van der Waals surface area (Å²) >= 11 is 1.52. The summed E-state index contributed by atoms with van der Waals surface area (Å²) in [5.74, 6) is 1.75. The van der Waals surface area contributed by atoms with Gasteiger partial charge in [0, 0.05) is 17.5 Å². The van der Waals surface area contributed by atoms with Crippen LogP contribution in [0.4, 0.5) is 4.39 Å². The number of hydrogen-bond donors (Lipinski definition) is 0. The molecule has 3 aromatic rings. The molecular formula is C16H15FN4S. The molecule has 112 valence electrons. The monoisotopic (exact) mass is 314 g/mol. The van der Waals surface area contributed by atoms with Crippen LogP contribution in [0.15, 0.2) is 29.1 Å². The van der Waals surface area contributed by atoms with E-state index >= 15 is 0 Å². The van der Waals surface area contributed by atoms with Crippen molar-refractivity contribution in [2.75, 3.05) is 0 Å². The summed E-state index contributed by atoms with van der Waals surface area (Å²) in [6.07, 6.45) is 2.46. The summed E-state index contributed by atoms with van der Waals surface area (Å²) in [5.41, 5.74) is 4.34. The van der Waals surface area contributed by atoms with Crippen molar-refractivity contribution in [1.82, 2.24) is 19.7 Å². The Morgan fingerprint density at radius 1 is 1.36 bits per heavy atom. The van der Waals surface area contributed by atoms with E-state index < -0.39 is 0 Å². The summed E-state index contributed by atoms with van der Waals surface area (Å²) in [7, 11) is 0. The number of halogens is 1. The van der Waals surface area contributed by atoms with Crippen molar-refractivity contribution in [2.24, 2.45) is 5.92 Å². The minimum atomic E-state index is -0.253. The number of benzene rings is 1. The number of rotatable bonds is 4. The second kappa shape index (κ2) is 5.28. The Hall–Kier alpha value is -2.08. The average Bonchev–Trinajstić information content (AvgIpc) is 3.01. The minimum Gasteiger partial charge on any atom is -0.245 e. The molecule has 4 rings (SSSR count). The quantitative estimate of drug-likeness (QED) is 0.733. The van der Waals surface area contributed by atoms with Crippen LogP contribution >= 0.6 is 11.3 Å². The standard InChI is InChI=1S/C16H15FN4S/c1-10-2-5-12(17)6-13(10)16-19-15(14-8-22-9-18-14)20-21(16)7-11-3-4-11/h2,5-6,8-9,11H,3-4,7H2,1H3. The van der Waals surface area contributed by atoms with Gasteiger partial charge in [-0.1, -0.05) is 6.07 Å². The molecule has 0 N–H and O–H groups in total. The Morgan fingerprint density at radius 3 is 2.95 bits per heavy atom. The van der Waals surface area contributed by atoms with Crippen LogP contribution in [0.5, 0.6) is 0 Å². The highest BCUT2D eigenvalue weighted by Gasteiger charge is 2.25. The van der Waals surface area contributed by atoms with Crippen molar-refractivity contribution < 1.29 is 4.39 Å². The zero-order valence-corrected chi connectivity index (χ0v) is 13.0. The second-order valence-electron chi connectivity index (χ2n) is 5.72. The van der Waals surface area contributed by atoms with Gasteiger partial charge in [0.25, 0.3) is 0 Å². The van der Waals surface area contributed by atoms with Crippen LogP contribution < -0.4 is 0 Å². The Kier molecular flexibility index (Phi) is 3.26. The number of aromatic nitrogens is 4. The maximum atomic E-state index is 13.7. The van der Waals surface area contributed by atoms with Gasteiger partial charge in [-0.3, -0.25) is 0 Å². The van der Waals surface area contributed by atoms with Crippen LogP contribution in [0.3, 0.4) is 0 Å². The maximum absolute atomic E-state index is 13.7. The molecule has 1 aromatic carbocycles. The first-order valence-electron chi connectivity index (χ1n) is 7.30. The smallest absolute Gasteiger partial charge is 0.201 e. The minimum absolute atomic E-state index is 0.253. The molecule has 0 amide bonds. The van der Waals surface area contributed by atoms with Gasteiger partial charge in [0.2, 0.25) is 5.82 Å². The fraction of sp³-hybridized carbons (Fsp3) is 0.312. The lowest BCUT2D eigenvalue weighted by atomic mass is 10.1. The molecule has 1 aliphatic rings. The number of aryl methyl sites for hydroxylation is 1. The largest absolute Gasteiger partial charge is 0.245 e. The van der Waals surface area contributed by atoms with Crippen molar-refractivity contribution in [1.29, 1.82) is 0 Å². The van der Waals surface area contributed by atoms with Gasteiger partial charge in [-0.15, -0.1) is 16.4 Å². The summed E-state index contributed by atoms with van der Waals surface area (Å²) in [5, 5.41) is 6.54. The lowest BCUT2D eigenvalue weighted by molar-refractivity contribution is 0.568. The van der Waals surface area contributed by atoms with Crippen molar-refractivity contribution in [2.45, 2.75) is 26.3 Å². The fourth-order valence-electron chi connectivity index (χ4n) is 2.48. The van der Waals surface area contributed by atoms with E-state index in [0.29, 0.717) is 11.7 Å². The molecule has 1 saturated carbocycles. The summed E-state index contributed by atoms with van der Waals surface area (Å²) in [6, 6.07) is 4.79. The Balaban J connectivity index is 1.83. The van der Waals surface area contributed by atoms with Crippen LogP contribution in [0.1, 0.15) is 18.4 Å². The van der Waals surface area contributed by atoms with Crippen molar-refractivity contribution in [3.63, 3.8) is 0 Å². The average molecular weight is 314 g/mol. The van der Waals surface area contributed by atoms with Crippen LogP contribution in [-0.4, -0.2) is 19.7 Å². The van der Waals surface area contributed by atoms with Gasteiger partial charge >= 0.3 is 0 Å². The number of hydrogen-bond acceptors (Lipinski definition) is 4.